The van der Waals surface area contributed by atoms with Crippen molar-refractivity contribution in [2.75, 3.05) is 19.6 Å². The number of nitrogens with zero attached hydrogens (tertiary/aromatic N) is 2. The summed E-state index contributed by atoms with van der Waals surface area (Å²) in [5, 5.41) is 0. The van der Waals surface area contributed by atoms with Gasteiger partial charge in [-0.2, -0.15) is 0 Å². The largest absolute Gasteiger partial charge is 0.298 e. The smallest absolute Gasteiger partial charge is 0.0125 e. The van der Waals surface area contributed by atoms with Crippen LogP contribution in [0, 0.1) is 5.41 Å². The van der Waals surface area contributed by atoms with E-state index in [1.165, 1.54) is 45.3 Å². The first-order valence-electron chi connectivity index (χ1n) is 7.40. The molecule has 98 valence electrons. The molecule has 0 aromatic carbocycles. The summed E-state index contributed by atoms with van der Waals surface area (Å²) in [5.74, 6) is 0. The van der Waals surface area contributed by atoms with E-state index in [0.717, 1.165) is 17.5 Å². The van der Waals surface area contributed by atoms with E-state index in [1.807, 2.05) is 0 Å². The van der Waals surface area contributed by atoms with Crippen LogP contribution in [0.2, 0.25) is 0 Å². The SMILES string of the molecule is C[C@H]1CCCN1C1CC2(C1)CN(C(C)(C)C)C2. The molecule has 0 aromatic heterocycles. The van der Waals surface area contributed by atoms with E-state index in [0.29, 0.717) is 5.54 Å². The molecule has 0 amide bonds. The van der Waals surface area contributed by atoms with Crippen LogP contribution in [-0.2, 0) is 0 Å². The van der Waals surface area contributed by atoms with E-state index in [4.69, 9.17) is 0 Å². The van der Waals surface area contributed by atoms with Gasteiger partial charge in [-0.1, -0.05) is 0 Å². The average Bonchev–Trinajstić information content (AvgIpc) is 2.44. The fraction of sp³-hybridized carbons (Fsp3) is 1.00. The van der Waals surface area contributed by atoms with Crippen LogP contribution < -0.4 is 0 Å². The summed E-state index contributed by atoms with van der Waals surface area (Å²) in [6, 6.07) is 1.78. The fourth-order valence-corrected chi connectivity index (χ4v) is 4.17. The monoisotopic (exact) mass is 236 g/mol. The predicted molar refractivity (Wildman–Crippen MR) is 72.2 cm³/mol. The third-order valence-electron chi connectivity index (χ3n) is 5.41. The predicted octanol–water partition coefficient (Wildman–Crippen LogP) is 2.73. The molecule has 0 unspecified atom stereocenters. The molecule has 1 spiro atoms. The minimum absolute atomic E-state index is 0.386. The summed E-state index contributed by atoms with van der Waals surface area (Å²) in [7, 11) is 0. The molecule has 2 aliphatic heterocycles. The van der Waals surface area contributed by atoms with E-state index >= 15 is 0 Å². The van der Waals surface area contributed by atoms with Gasteiger partial charge in [0.05, 0.1) is 0 Å². The van der Waals surface area contributed by atoms with Crippen LogP contribution in [-0.4, -0.2) is 47.1 Å². The van der Waals surface area contributed by atoms with Gasteiger partial charge in [-0.3, -0.25) is 9.80 Å². The highest BCUT2D eigenvalue weighted by Gasteiger charge is 2.56. The van der Waals surface area contributed by atoms with Gasteiger partial charge in [0, 0.05) is 30.7 Å². The molecule has 2 nitrogen and oxygen atoms in total. The summed E-state index contributed by atoms with van der Waals surface area (Å²) in [4.78, 5) is 5.43. The van der Waals surface area contributed by atoms with E-state index in [2.05, 4.69) is 37.5 Å². The first kappa shape index (κ1) is 12.0. The Kier molecular flexibility index (Phi) is 2.61. The zero-order valence-corrected chi connectivity index (χ0v) is 12.0. The summed E-state index contributed by atoms with van der Waals surface area (Å²) in [5.41, 5.74) is 1.11. The minimum atomic E-state index is 0.386. The first-order valence-corrected chi connectivity index (χ1v) is 7.40. The highest BCUT2D eigenvalue weighted by molar-refractivity contribution is 5.10. The average molecular weight is 236 g/mol. The van der Waals surface area contributed by atoms with Gasteiger partial charge in [0.15, 0.2) is 0 Å². The van der Waals surface area contributed by atoms with Crippen LogP contribution in [0.4, 0.5) is 0 Å². The van der Waals surface area contributed by atoms with Crippen LogP contribution in [0.25, 0.3) is 0 Å². The molecule has 1 saturated carbocycles. The molecule has 17 heavy (non-hydrogen) atoms. The van der Waals surface area contributed by atoms with Crippen LogP contribution in [0.5, 0.6) is 0 Å². The molecule has 0 N–H and O–H groups in total. The van der Waals surface area contributed by atoms with Crippen molar-refractivity contribution in [3.8, 4) is 0 Å². The highest BCUT2D eigenvalue weighted by atomic mass is 15.3. The van der Waals surface area contributed by atoms with E-state index in [1.54, 1.807) is 0 Å². The van der Waals surface area contributed by atoms with E-state index < -0.39 is 0 Å². The van der Waals surface area contributed by atoms with Gasteiger partial charge in [-0.05, 0) is 65.3 Å². The zero-order chi connectivity index (χ0) is 12.3. The third kappa shape index (κ3) is 1.94. The number of hydrogen-bond acceptors (Lipinski definition) is 2. The Morgan fingerprint density at radius 1 is 1.12 bits per heavy atom. The molecular formula is C15H28N2. The molecule has 1 atom stereocenters. The van der Waals surface area contributed by atoms with Gasteiger partial charge in [0.25, 0.3) is 0 Å². The molecule has 0 bridgehead atoms. The van der Waals surface area contributed by atoms with Gasteiger partial charge < -0.3 is 0 Å². The zero-order valence-electron chi connectivity index (χ0n) is 12.0. The molecule has 0 radical (unpaired) electrons. The Hall–Kier alpha value is -0.0800. The summed E-state index contributed by atoms with van der Waals surface area (Å²) >= 11 is 0. The molecule has 1 aliphatic carbocycles. The minimum Gasteiger partial charge on any atom is -0.298 e. The molecule has 3 rings (SSSR count). The maximum Gasteiger partial charge on any atom is 0.0125 e. The third-order valence-corrected chi connectivity index (χ3v) is 5.41. The van der Waals surface area contributed by atoms with Crippen LogP contribution in [0.15, 0.2) is 0 Å². The summed E-state index contributed by atoms with van der Waals surface area (Å²) < 4.78 is 0. The van der Waals surface area contributed by atoms with Crippen molar-refractivity contribution in [1.29, 1.82) is 0 Å². The van der Waals surface area contributed by atoms with E-state index in [-0.39, 0.29) is 0 Å². The normalized spacial score (nSPS) is 34.9. The van der Waals surface area contributed by atoms with Gasteiger partial charge in [0.1, 0.15) is 0 Å². The van der Waals surface area contributed by atoms with Gasteiger partial charge in [0.2, 0.25) is 0 Å². The van der Waals surface area contributed by atoms with Crippen molar-refractivity contribution in [2.45, 2.75) is 71.0 Å². The molecule has 2 heterocycles. The Morgan fingerprint density at radius 2 is 1.76 bits per heavy atom. The second-order valence-electron chi connectivity index (χ2n) is 7.82. The summed E-state index contributed by atoms with van der Waals surface area (Å²) in [6.07, 6.45) is 5.81. The Labute approximate surface area is 106 Å². The second-order valence-corrected chi connectivity index (χ2v) is 7.82. The number of likely N-dealkylation sites (tertiary alicyclic amines) is 2. The van der Waals surface area contributed by atoms with Gasteiger partial charge in [-0.15, -0.1) is 0 Å². The second kappa shape index (κ2) is 3.71. The number of rotatable bonds is 1. The van der Waals surface area contributed by atoms with Crippen LogP contribution >= 0.6 is 0 Å². The van der Waals surface area contributed by atoms with Crippen molar-refractivity contribution in [1.82, 2.24) is 9.80 Å². The Bertz CT molecular complexity index is 291. The first-order chi connectivity index (χ1) is 7.90. The van der Waals surface area contributed by atoms with Gasteiger partial charge in [-0.25, -0.2) is 0 Å². The van der Waals surface area contributed by atoms with Crippen molar-refractivity contribution in [3.63, 3.8) is 0 Å². The number of hydrogen-bond donors (Lipinski definition) is 0. The Morgan fingerprint density at radius 3 is 2.24 bits per heavy atom. The van der Waals surface area contributed by atoms with Crippen LogP contribution in [0.3, 0.4) is 0 Å². The molecule has 0 aromatic rings. The molecule has 2 heteroatoms. The van der Waals surface area contributed by atoms with E-state index in [9.17, 15) is 0 Å². The molecule has 2 saturated heterocycles. The van der Waals surface area contributed by atoms with Gasteiger partial charge >= 0.3 is 0 Å². The van der Waals surface area contributed by atoms with Crippen molar-refractivity contribution in [3.05, 3.63) is 0 Å². The van der Waals surface area contributed by atoms with Crippen molar-refractivity contribution < 1.29 is 0 Å². The lowest BCUT2D eigenvalue weighted by Gasteiger charge is -2.64. The summed E-state index contributed by atoms with van der Waals surface area (Å²) in [6.45, 7) is 13.5. The molecular weight excluding hydrogens is 208 g/mol. The standard InChI is InChI=1S/C15H28N2/c1-12-6-5-7-17(12)13-8-15(9-13)10-16(11-15)14(2,3)4/h12-13H,5-11H2,1-4H3/t12-/m0/s1. The van der Waals surface area contributed by atoms with Crippen molar-refractivity contribution in [2.24, 2.45) is 5.41 Å². The van der Waals surface area contributed by atoms with Crippen molar-refractivity contribution >= 4 is 0 Å². The quantitative estimate of drug-likeness (QED) is 0.691. The fourth-order valence-electron chi connectivity index (χ4n) is 4.17. The van der Waals surface area contributed by atoms with Crippen LogP contribution in [0.1, 0.15) is 53.4 Å². The lowest BCUT2D eigenvalue weighted by Crippen LogP contribution is -2.70. The lowest BCUT2D eigenvalue weighted by atomic mass is 9.59. The topological polar surface area (TPSA) is 6.48 Å². The lowest BCUT2D eigenvalue weighted by molar-refractivity contribution is -0.140. The highest BCUT2D eigenvalue weighted by Crippen LogP contribution is 2.52. The maximum atomic E-state index is 2.78. The maximum absolute atomic E-state index is 2.78. The Balaban J connectivity index is 1.50. The molecule has 3 aliphatic rings. The molecule has 3 fully saturated rings.